The highest BCUT2D eigenvalue weighted by Gasteiger charge is 2.48. The van der Waals surface area contributed by atoms with Gasteiger partial charge >= 0.3 is 0 Å². The number of anilines is 2. The molecule has 11 aromatic carbocycles. The lowest BCUT2D eigenvalue weighted by Gasteiger charge is -2.42. The van der Waals surface area contributed by atoms with E-state index in [4.69, 9.17) is 28.4 Å². The molecule has 6 aliphatic rings. The molecule has 0 spiro atoms. The number of aryl methyl sites for hydroxylation is 4. The van der Waals surface area contributed by atoms with Crippen molar-refractivity contribution in [3.8, 4) is 46.0 Å². The van der Waals surface area contributed by atoms with Crippen molar-refractivity contribution >= 4 is 102 Å². The molecule has 17 rings (SSSR count). The summed E-state index contributed by atoms with van der Waals surface area (Å²) in [5, 5.41) is 5.37. The second-order valence-electron chi connectivity index (χ2n) is 31.5. The van der Waals surface area contributed by atoms with Gasteiger partial charge in [-0.3, -0.25) is 48.2 Å². The van der Waals surface area contributed by atoms with Gasteiger partial charge in [-0.15, -0.1) is 0 Å². The number of epoxide rings is 2. The Hall–Kier alpha value is -12.2. The summed E-state index contributed by atoms with van der Waals surface area (Å²) < 4.78 is 40.2. The van der Waals surface area contributed by atoms with E-state index in [1.165, 1.54) is 0 Å². The molecule has 0 radical (unpaired) electrons. The number of amides is 7. The molecule has 21 heteroatoms. The number of piperazine rings is 2. The number of Topliss-reactive ketones (excluding diaryl/α,β-unsaturated/α-hetero) is 1. The first kappa shape index (κ1) is 76.4. The fourth-order valence-electron chi connectivity index (χ4n) is 17.5. The number of rotatable bonds is 26. The van der Waals surface area contributed by atoms with Crippen molar-refractivity contribution in [2.75, 3.05) is 81.9 Å². The topological polar surface area (TPSA) is 230 Å². The van der Waals surface area contributed by atoms with Crippen LogP contribution in [-0.2, 0) is 44.7 Å². The Morgan fingerprint density at radius 1 is 0.422 bits per heavy atom. The van der Waals surface area contributed by atoms with Crippen molar-refractivity contribution < 1.29 is 66.8 Å². The number of carbonyl (C=O) groups excluding carboxylic acids is 8. The maximum absolute atomic E-state index is 16.7. The second-order valence-corrected chi connectivity index (χ2v) is 31.5. The summed E-state index contributed by atoms with van der Waals surface area (Å²) in [7, 11) is 0. The summed E-state index contributed by atoms with van der Waals surface area (Å²) >= 11 is 0. The van der Waals surface area contributed by atoms with Gasteiger partial charge in [-0.25, -0.2) is 0 Å². The molecular weight excluding hydrogens is 1460 g/mol. The van der Waals surface area contributed by atoms with Crippen LogP contribution in [-0.4, -0.2) is 163 Å². The standard InChI is InChI=1S/C95H93N7O14/c1-10-57-20-14-24-61(42-57)113-76-46-69-80-70(92(107)101(91(69)106)56(9)90(105)99-38-34-97(35-39-99)73-30-18-28-67(54(73)7)75(103)33-32-65-51-111-65)47-77(114-62-25-15-21-58(11-2)43-62)83-85-79(116-64-27-17-23-60(13-4)45-64)49-72-81-71(48-78(84(87(81)85)82(76)86(80)83)115-63-26-16-22-59(12-3)44-63)93(108)102(94(72)109)88(53(5)6)95(110)100-40-36-98(37-41-100)74-31-19-29-68(55(74)8)89(104)96-50-66-52-112-66/h14-31,42-49,53,56,65-66,88H,10-13,32-41,50-52H2,1-9H3,(H,96,104). The van der Waals surface area contributed by atoms with Crippen LogP contribution in [0.3, 0.4) is 0 Å². The fraction of sp³-hybridized carbons (Fsp3) is 0.326. The highest BCUT2D eigenvalue weighted by atomic mass is 16.6. The van der Waals surface area contributed by atoms with Crippen molar-refractivity contribution in [2.45, 2.75) is 125 Å². The molecule has 0 aromatic heterocycles. The van der Waals surface area contributed by atoms with Gasteiger partial charge in [0.25, 0.3) is 29.5 Å². The predicted octanol–water partition coefficient (Wildman–Crippen LogP) is 16.6. The van der Waals surface area contributed by atoms with Gasteiger partial charge in [0.05, 0.1) is 47.7 Å². The van der Waals surface area contributed by atoms with Crippen LogP contribution in [0, 0.1) is 19.8 Å². The van der Waals surface area contributed by atoms with Gasteiger partial charge in [0.15, 0.2) is 5.78 Å². The first-order chi connectivity index (χ1) is 56.2. The predicted molar refractivity (Wildman–Crippen MR) is 446 cm³/mol. The molecule has 4 atom stereocenters. The molecule has 11 aromatic rings. The first-order valence-corrected chi connectivity index (χ1v) is 40.7. The Morgan fingerprint density at radius 3 is 1.15 bits per heavy atom. The zero-order valence-electron chi connectivity index (χ0n) is 66.8. The van der Waals surface area contributed by atoms with Crippen molar-refractivity contribution in [1.29, 1.82) is 0 Å². The van der Waals surface area contributed by atoms with Crippen molar-refractivity contribution in [2.24, 2.45) is 5.92 Å². The highest BCUT2D eigenvalue weighted by Crippen LogP contribution is 2.58. The van der Waals surface area contributed by atoms with Crippen LogP contribution in [0.5, 0.6) is 46.0 Å². The molecule has 21 nitrogen and oxygen atoms in total. The normalized spacial score (nSPS) is 17.1. The van der Waals surface area contributed by atoms with E-state index in [2.05, 4.69) is 15.1 Å². The van der Waals surface area contributed by atoms with Gasteiger partial charge in [-0.1, -0.05) is 108 Å². The molecule has 0 bridgehead atoms. The van der Waals surface area contributed by atoms with Gasteiger partial charge in [-0.2, -0.15) is 0 Å². The number of fused-ring (bicyclic) bond motifs is 2. The minimum absolute atomic E-state index is 0.0154. The third kappa shape index (κ3) is 14.0. The van der Waals surface area contributed by atoms with Crippen LogP contribution < -0.4 is 34.1 Å². The van der Waals surface area contributed by atoms with Crippen molar-refractivity contribution in [3.63, 3.8) is 0 Å². The van der Waals surface area contributed by atoms with Crippen LogP contribution in [0.15, 0.2) is 158 Å². The number of imide groups is 2. The zero-order chi connectivity index (χ0) is 80.6. The molecule has 1 N–H and O–H groups in total. The SMILES string of the molecule is CCc1cccc(Oc2cc3c4c(cc(Oc5cccc(CC)c5)c5c6c(Oc7cccc(CC)c7)cc7c8c(cc(Oc9cccc(CC)c9)c(c2c45)c86)C(=O)N(C(C(=O)N2CCN(c4cccc(C(=O)NCC5CO5)c4C)CC2)C(C)C)C7=O)C(=O)N(C(C)C(=O)N2CCN(c4cccc(C(=O)CCC5CO5)c4C)CC2)C3=O)c1. The number of nitrogens with zero attached hydrogens (tertiary/aromatic N) is 6. The third-order valence-electron chi connectivity index (χ3n) is 24.0. The van der Waals surface area contributed by atoms with Gasteiger partial charge in [0.2, 0.25) is 11.8 Å². The second kappa shape index (κ2) is 31.2. The average Bonchev–Trinajstić information content (AvgIpc) is 0.781. The van der Waals surface area contributed by atoms with Gasteiger partial charge in [0, 0.05) is 131 Å². The summed E-state index contributed by atoms with van der Waals surface area (Å²) in [5.41, 5.74) is 8.56. The van der Waals surface area contributed by atoms with Crippen LogP contribution in [0.1, 0.15) is 157 Å². The Labute approximate surface area is 673 Å². The number of benzene rings is 11. The maximum Gasteiger partial charge on any atom is 0.262 e. The first-order valence-electron chi connectivity index (χ1n) is 40.7. The lowest BCUT2D eigenvalue weighted by atomic mass is 9.80. The van der Waals surface area contributed by atoms with Gasteiger partial charge in [0.1, 0.15) is 58.1 Å². The van der Waals surface area contributed by atoms with Crippen LogP contribution >= 0.6 is 0 Å². The number of nitrogens with one attached hydrogen (secondary N) is 1. The zero-order valence-corrected chi connectivity index (χ0v) is 66.8. The Bertz CT molecular complexity index is 5640. The number of hydrogen-bond donors (Lipinski definition) is 1. The molecule has 6 aliphatic heterocycles. The quantitative estimate of drug-likeness (QED) is 0.0175. The van der Waals surface area contributed by atoms with Crippen LogP contribution in [0.2, 0.25) is 0 Å². The van der Waals surface area contributed by atoms with Crippen LogP contribution in [0.25, 0.3) is 43.1 Å². The fourth-order valence-corrected chi connectivity index (χ4v) is 17.5. The number of hydrogen-bond acceptors (Lipinski definition) is 16. The molecule has 4 fully saturated rings. The number of ketones is 1. The summed E-state index contributed by atoms with van der Waals surface area (Å²) in [6.07, 6.45) is 3.77. The monoisotopic (exact) mass is 1560 g/mol. The molecule has 4 saturated heterocycles. The Kier molecular flexibility index (Phi) is 20.6. The molecule has 4 unspecified atom stereocenters. The molecule has 6 heterocycles. The minimum atomic E-state index is -1.33. The summed E-state index contributed by atoms with van der Waals surface area (Å²) in [5.74, 6) is -2.53. The summed E-state index contributed by atoms with van der Waals surface area (Å²) in [6, 6.07) is 45.7. The largest absolute Gasteiger partial charge is 0.457 e. The minimum Gasteiger partial charge on any atom is -0.457 e. The lowest BCUT2D eigenvalue weighted by Crippen LogP contribution is -2.59. The number of ether oxygens (including phenoxy) is 6. The summed E-state index contributed by atoms with van der Waals surface area (Å²) in [6.45, 7) is 21.6. The highest BCUT2D eigenvalue weighted by molar-refractivity contribution is 6.45. The van der Waals surface area contributed by atoms with E-state index < -0.39 is 53.4 Å². The van der Waals surface area contributed by atoms with Gasteiger partial charge in [-0.05, 0) is 183 Å². The molecule has 0 aliphatic carbocycles. The summed E-state index contributed by atoms with van der Waals surface area (Å²) in [4.78, 5) is 134. The van der Waals surface area contributed by atoms with Gasteiger partial charge < -0.3 is 53.3 Å². The molecule has 7 amide bonds. The third-order valence-corrected chi connectivity index (χ3v) is 24.0. The van der Waals surface area contributed by atoms with E-state index in [1.807, 2.05) is 183 Å². The van der Waals surface area contributed by atoms with E-state index in [0.717, 1.165) is 54.6 Å². The molecule has 116 heavy (non-hydrogen) atoms. The number of carbonyl (C=O) groups is 8. The molecule has 592 valence electrons. The van der Waals surface area contributed by atoms with E-state index in [1.54, 1.807) is 47.1 Å². The van der Waals surface area contributed by atoms with Crippen molar-refractivity contribution in [1.82, 2.24) is 24.9 Å². The molecule has 0 saturated carbocycles. The van der Waals surface area contributed by atoms with E-state index in [9.17, 15) is 9.59 Å². The van der Waals surface area contributed by atoms with Crippen LogP contribution in [0.4, 0.5) is 11.4 Å². The smallest absolute Gasteiger partial charge is 0.262 e. The Morgan fingerprint density at radius 2 is 0.776 bits per heavy atom. The Balaban J connectivity index is 0.850. The maximum atomic E-state index is 16.7. The average molecular weight is 1560 g/mol. The van der Waals surface area contributed by atoms with Crippen molar-refractivity contribution in [3.05, 3.63) is 224 Å². The van der Waals surface area contributed by atoms with E-state index >= 15 is 28.8 Å². The van der Waals surface area contributed by atoms with E-state index in [0.29, 0.717) is 151 Å². The van der Waals surface area contributed by atoms with E-state index in [-0.39, 0.29) is 106 Å². The lowest BCUT2D eigenvalue weighted by molar-refractivity contribution is -0.137. The molecular formula is C95H93N7O14.